The van der Waals surface area contributed by atoms with Gasteiger partial charge in [-0.15, -0.1) is 0 Å². The number of rotatable bonds is 5. The van der Waals surface area contributed by atoms with Crippen LogP contribution < -0.4 is 5.32 Å². The van der Waals surface area contributed by atoms with Crippen molar-refractivity contribution in [3.05, 3.63) is 58.9 Å². The minimum atomic E-state index is 0.391. The predicted molar refractivity (Wildman–Crippen MR) is 77.1 cm³/mol. The summed E-state index contributed by atoms with van der Waals surface area (Å²) in [7, 11) is 0. The lowest BCUT2D eigenvalue weighted by Crippen LogP contribution is -2.17. The van der Waals surface area contributed by atoms with Crippen LogP contribution in [0.2, 0.25) is 5.02 Å². The van der Waals surface area contributed by atoms with Crippen LogP contribution in [0.15, 0.2) is 42.7 Å². The zero-order valence-electron chi connectivity index (χ0n) is 10.9. The molecule has 1 unspecified atom stereocenters. The van der Waals surface area contributed by atoms with Crippen molar-refractivity contribution in [2.45, 2.75) is 26.4 Å². The van der Waals surface area contributed by atoms with Crippen LogP contribution >= 0.6 is 11.6 Å². The van der Waals surface area contributed by atoms with E-state index in [1.54, 1.807) is 0 Å². The number of hydrogen-bond donors (Lipinski definition) is 1. The number of nitrogens with one attached hydrogen (secondary N) is 1. The van der Waals surface area contributed by atoms with E-state index < -0.39 is 0 Å². The van der Waals surface area contributed by atoms with Crippen LogP contribution in [0.5, 0.6) is 0 Å². The lowest BCUT2D eigenvalue weighted by atomic mass is 10.2. The fraction of sp³-hybridized carbons (Fsp3) is 0.333. The van der Waals surface area contributed by atoms with Crippen molar-refractivity contribution in [2.75, 3.05) is 6.54 Å². The Labute approximate surface area is 114 Å². The van der Waals surface area contributed by atoms with E-state index in [9.17, 15) is 0 Å². The SMILES string of the molecule is CCNC(C)c1ccn(Cc2ccccc2Cl)c1. The number of hydrogen-bond acceptors (Lipinski definition) is 1. The van der Waals surface area contributed by atoms with Crippen LogP contribution in [0.3, 0.4) is 0 Å². The van der Waals surface area contributed by atoms with Crippen LogP contribution in [0.4, 0.5) is 0 Å². The van der Waals surface area contributed by atoms with Crippen LogP contribution in [0.25, 0.3) is 0 Å². The highest BCUT2D eigenvalue weighted by Gasteiger charge is 2.06. The summed E-state index contributed by atoms with van der Waals surface area (Å²) < 4.78 is 2.17. The first-order valence-corrected chi connectivity index (χ1v) is 6.71. The molecule has 0 saturated carbocycles. The third-order valence-electron chi connectivity index (χ3n) is 3.09. The van der Waals surface area contributed by atoms with Crippen molar-refractivity contribution >= 4 is 11.6 Å². The number of benzene rings is 1. The Morgan fingerprint density at radius 3 is 2.78 bits per heavy atom. The minimum absolute atomic E-state index is 0.391. The van der Waals surface area contributed by atoms with Crippen molar-refractivity contribution in [1.29, 1.82) is 0 Å². The Morgan fingerprint density at radius 1 is 1.28 bits per heavy atom. The lowest BCUT2D eigenvalue weighted by molar-refractivity contribution is 0.596. The Balaban J connectivity index is 2.09. The molecule has 2 aromatic rings. The molecule has 1 aromatic heterocycles. The quantitative estimate of drug-likeness (QED) is 0.866. The first-order chi connectivity index (χ1) is 8.70. The largest absolute Gasteiger partial charge is 0.350 e. The van der Waals surface area contributed by atoms with E-state index in [1.807, 2.05) is 18.2 Å². The van der Waals surface area contributed by atoms with E-state index in [-0.39, 0.29) is 0 Å². The molecule has 0 aliphatic heterocycles. The van der Waals surface area contributed by atoms with Gasteiger partial charge in [-0.1, -0.05) is 36.7 Å². The Morgan fingerprint density at radius 2 is 2.06 bits per heavy atom. The van der Waals surface area contributed by atoms with Gasteiger partial charge in [0.1, 0.15) is 0 Å². The van der Waals surface area contributed by atoms with Crippen molar-refractivity contribution < 1.29 is 0 Å². The van der Waals surface area contributed by atoms with E-state index in [0.29, 0.717) is 6.04 Å². The standard InChI is InChI=1S/C15H19ClN2/c1-3-17-12(2)13-8-9-18(10-13)11-14-6-4-5-7-15(14)16/h4-10,12,17H,3,11H2,1-2H3. The molecule has 18 heavy (non-hydrogen) atoms. The second-order valence-corrected chi connectivity index (χ2v) is 4.90. The maximum Gasteiger partial charge on any atom is 0.0485 e. The van der Waals surface area contributed by atoms with Gasteiger partial charge in [-0.05, 0) is 36.7 Å². The molecule has 3 heteroatoms. The van der Waals surface area contributed by atoms with Gasteiger partial charge in [-0.3, -0.25) is 0 Å². The predicted octanol–water partition coefficient (Wildman–Crippen LogP) is 3.86. The van der Waals surface area contributed by atoms with Crippen molar-refractivity contribution in [1.82, 2.24) is 9.88 Å². The van der Waals surface area contributed by atoms with Crippen LogP contribution in [-0.4, -0.2) is 11.1 Å². The van der Waals surface area contributed by atoms with E-state index in [1.165, 1.54) is 5.56 Å². The van der Waals surface area contributed by atoms with Gasteiger partial charge < -0.3 is 9.88 Å². The Kier molecular flexibility index (Phi) is 4.45. The maximum atomic E-state index is 6.17. The highest BCUT2D eigenvalue weighted by Crippen LogP contribution is 2.18. The third kappa shape index (κ3) is 3.15. The van der Waals surface area contributed by atoms with E-state index in [4.69, 9.17) is 11.6 Å². The van der Waals surface area contributed by atoms with Crippen molar-refractivity contribution in [3.8, 4) is 0 Å². The average molecular weight is 263 g/mol. The summed E-state index contributed by atoms with van der Waals surface area (Å²) in [5.41, 5.74) is 2.46. The summed E-state index contributed by atoms with van der Waals surface area (Å²) in [6, 6.07) is 10.5. The number of nitrogens with zero attached hydrogens (tertiary/aromatic N) is 1. The number of halogens is 1. The average Bonchev–Trinajstić information content (AvgIpc) is 2.81. The minimum Gasteiger partial charge on any atom is -0.350 e. The van der Waals surface area contributed by atoms with Gasteiger partial charge >= 0.3 is 0 Å². The summed E-state index contributed by atoms with van der Waals surface area (Å²) in [5.74, 6) is 0. The second kappa shape index (κ2) is 6.07. The Bertz CT molecular complexity index is 505. The number of aromatic nitrogens is 1. The molecule has 0 aliphatic carbocycles. The normalized spacial score (nSPS) is 12.6. The van der Waals surface area contributed by atoms with Crippen molar-refractivity contribution in [3.63, 3.8) is 0 Å². The van der Waals surface area contributed by atoms with Gasteiger partial charge in [0.05, 0.1) is 0 Å². The zero-order valence-corrected chi connectivity index (χ0v) is 11.6. The molecule has 0 bridgehead atoms. The van der Waals surface area contributed by atoms with E-state index in [2.05, 4.69) is 48.3 Å². The molecule has 0 amide bonds. The molecule has 2 rings (SSSR count). The molecule has 1 N–H and O–H groups in total. The molecule has 0 spiro atoms. The highest BCUT2D eigenvalue weighted by molar-refractivity contribution is 6.31. The maximum absolute atomic E-state index is 6.17. The van der Waals surface area contributed by atoms with E-state index in [0.717, 1.165) is 23.7 Å². The van der Waals surface area contributed by atoms with Crippen LogP contribution in [0, 0.1) is 0 Å². The van der Waals surface area contributed by atoms with Gasteiger partial charge in [0.15, 0.2) is 0 Å². The summed E-state index contributed by atoms with van der Waals surface area (Å²) in [4.78, 5) is 0. The fourth-order valence-corrected chi connectivity index (χ4v) is 2.26. The molecule has 1 atom stereocenters. The van der Waals surface area contributed by atoms with Gasteiger partial charge in [0, 0.05) is 30.0 Å². The molecular weight excluding hydrogens is 244 g/mol. The molecule has 0 fully saturated rings. The van der Waals surface area contributed by atoms with Crippen LogP contribution in [-0.2, 0) is 6.54 Å². The lowest BCUT2D eigenvalue weighted by Gasteiger charge is -2.10. The molecule has 2 nitrogen and oxygen atoms in total. The molecular formula is C15H19ClN2. The highest BCUT2D eigenvalue weighted by atomic mass is 35.5. The first kappa shape index (κ1) is 13.2. The van der Waals surface area contributed by atoms with Gasteiger partial charge in [-0.2, -0.15) is 0 Å². The summed E-state index contributed by atoms with van der Waals surface area (Å²) in [5, 5.41) is 4.24. The van der Waals surface area contributed by atoms with Gasteiger partial charge in [0.25, 0.3) is 0 Å². The second-order valence-electron chi connectivity index (χ2n) is 4.49. The topological polar surface area (TPSA) is 17.0 Å². The van der Waals surface area contributed by atoms with Gasteiger partial charge in [0.2, 0.25) is 0 Å². The van der Waals surface area contributed by atoms with E-state index >= 15 is 0 Å². The van der Waals surface area contributed by atoms with Crippen LogP contribution in [0.1, 0.15) is 31.0 Å². The molecule has 0 aliphatic rings. The smallest absolute Gasteiger partial charge is 0.0485 e. The molecule has 1 aromatic carbocycles. The third-order valence-corrected chi connectivity index (χ3v) is 3.46. The van der Waals surface area contributed by atoms with Crippen molar-refractivity contribution in [2.24, 2.45) is 0 Å². The molecule has 0 saturated heterocycles. The van der Waals surface area contributed by atoms with Gasteiger partial charge in [-0.25, -0.2) is 0 Å². The molecule has 1 heterocycles. The fourth-order valence-electron chi connectivity index (χ4n) is 2.06. The summed E-state index contributed by atoms with van der Waals surface area (Å²) in [6.45, 7) is 6.10. The zero-order chi connectivity index (χ0) is 13.0. The molecule has 96 valence electrons. The Hall–Kier alpha value is -1.25. The summed E-state index contributed by atoms with van der Waals surface area (Å²) in [6.07, 6.45) is 4.28. The first-order valence-electron chi connectivity index (χ1n) is 6.33. The monoisotopic (exact) mass is 262 g/mol. The summed E-state index contributed by atoms with van der Waals surface area (Å²) >= 11 is 6.17. The molecule has 0 radical (unpaired) electrons.